The third kappa shape index (κ3) is 3.25. The molecule has 1 fully saturated rings. The van der Waals surface area contributed by atoms with Crippen LogP contribution in [0.3, 0.4) is 0 Å². The number of aromatic nitrogens is 2. The summed E-state index contributed by atoms with van der Waals surface area (Å²) in [4.78, 5) is 18.3. The van der Waals surface area contributed by atoms with E-state index >= 15 is 0 Å². The van der Waals surface area contributed by atoms with Crippen molar-refractivity contribution < 1.29 is 13.9 Å². The van der Waals surface area contributed by atoms with Gasteiger partial charge in [0, 0.05) is 23.6 Å². The number of hydrogen-bond acceptors (Lipinski definition) is 6. The smallest absolute Gasteiger partial charge is 0.301 e. The van der Waals surface area contributed by atoms with Gasteiger partial charge in [0.05, 0.1) is 12.6 Å². The lowest BCUT2D eigenvalue weighted by atomic mass is 9.97. The van der Waals surface area contributed by atoms with E-state index in [9.17, 15) is 4.79 Å². The third-order valence-corrected chi connectivity index (χ3v) is 10.1. The number of azide groups is 1. The van der Waals surface area contributed by atoms with E-state index < -0.39 is 13.9 Å². The molecule has 142 valence electrons. The number of rotatable bonds is 4. The highest BCUT2D eigenvalue weighted by molar-refractivity contribution is 6.74. The highest BCUT2D eigenvalue weighted by Crippen LogP contribution is 2.46. The molecule has 3 rings (SSSR count). The maximum absolute atomic E-state index is 11.5. The molecule has 0 spiro atoms. The van der Waals surface area contributed by atoms with Crippen molar-refractivity contribution in [2.75, 3.05) is 13.2 Å². The van der Waals surface area contributed by atoms with Crippen LogP contribution in [0.4, 0.5) is 0 Å². The highest BCUT2D eigenvalue weighted by Gasteiger charge is 2.55. The molecule has 2 aliphatic heterocycles. The zero-order valence-corrected chi connectivity index (χ0v) is 16.8. The lowest BCUT2D eigenvalue weighted by Crippen LogP contribution is -2.54. The van der Waals surface area contributed by atoms with Crippen LogP contribution in [-0.2, 0) is 9.16 Å². The number of ether oxygens (including phenoxy) is 2. The van der Waals surface area contributed by atoms with Crippen LogP contribution in [0, 0.1) is 0 Å². The van der Waals surface area contributed by atoms with E-state index in [1.165, 1.54) is 6.07 Å². The van der Waals surface area contributed by atoms with Gasteiger partial charge in [-0.2, -0.15) is 4.98 Å². The Morgan fingerprint density at radius 2 is 2.27 bits per heavy atom. The van der Waals surface area contributed by atoms with Crippen LogP contribution in [0.1, 0.15) is 33.4 Å². The van der Waals surface area contributed by atoms with Gasteiger partial charge in [0.25, 0.3) is 5.56 Å². The van der Waals surface area contributed by atoms with Crippen LogP contribution >= 0.6 is 0 Å². The molecule has 1 unspecified atom stereocenters. The first-order chi connectivity index (χ1) is 12.1. The second-order valence-corrected chi connectivity index (χ2v) is 13.1. The second-order valence-electron chi connectivity index (χ2n) is 8.37. The van der Waals surface area contributed by atoms with E-state index in [4.69, 9.17) is 19.4 Å². The van der Waals surface area contributed by atoms with Crippen molar-refractivity contribution in [3.8, 4) is 6.01 Å². The van der Waals surface area contributed by atoms with Crippen molar-refractivity contribution in [1.29, 1.82) is 0 Å². The minimum absolute atomic E-state index is 0.0321. The summed E-state index contributed by atoms with van der Waals surface area (Å²) in [5.74, 6) is 0. The molecule has 3 heterocycles. The molecule has 0 N–H and O–H groups in total. The van der Waals surface area contributed by atoms with Gasteiger partial charge in [-0.15, -0.1) is 0 Å². The van der Waals surface area contributed by atoms with Gasteiger partial charge in [0.15, 0.2) is 8.32 Å². The van der Waals surface area contributed by atoms with Gasteiger partial charge in [-0.25, -0.2) is 0 Å². The van der Waals surface area contributed by atoms with Crippen LogP contribution in [0.5, 0.6) is 6.01 Å². The van der Waals surface area contributed by atoms with E-state index in [1.54, 1.807) is 10.8 Å². The molecular formula is C16H25N5O4Si. The molecule has 0 aliphatic carbocycles. The summed E-state index contributed by atoms with van der Waals surface area (Å²) in [6, 6.07) is 1.59. The van der Waals surface area contributed by atoms with E-state index in [-0.39, 0.29) is 42.1 Å². The number of nitrogens with zero attached hydrogens (tertiary/aromatic N) is 5. The Morgan fingerprint density at radius 3 is 2.92 bits per heavy atom. The zero-order valence-electron chi connectivity index (χ0n) is 15.8. The first-order valence-corrected chi connectivity index (χ1v) is 11.6. The molecule has 2 aliphatic rings. The predicted octanol–water partition coefficient (Wildman–Crippen LogP) is 2.99. The zero-order chi connectivity index (χ0) is 19.2. The lowest BCUT2D eigenvalue weighted by Gasteiger charge is -2.42. The summed E-state index contributed by atoms with van der Waals surface area (Å²) in [6.07, 6.45) is 1.54. The van der Waals surface area contributed by atoms with Crippen LogP contribution < -0.4 is 10.3 Å². The minimum atomic E-state index is -2.08. The molecule has 10 heteroatoms. The highest BCUT2D eigenvalue weighted by atomic mass is 28.4. The van der Waals surface area contributed by atoms with Crippen molar-refractivity contribution in [1.82, 2.24) is 9.55 Å². The molecule has 0 aromatic carbocycles. The molecule has 1 aromatic rings. The predicted molar refractivity (Wildman–Crippen MR) is 97.5 cm³/mol. The maximum Gasteiger partial charge on any atom is 0.301 e. The second kappa shape index (κ2) is 6.38. The summed E-state index contributed by atoms with van der Waals surface area (Å²) < 4.78 is 20.4. The minimum Gasteiger partial charge on any atom is -0.461 e. The molecule has 26 heavy (non-hydrogen) atoms. The van der Waals surface area contributed by atoms with Gasteiger partial charge in [0.1, 0.15) is 18.4 Å². The van der Waals surface area contributed by atoms with Crippen molar-refractivity contribution in [2.45, 2.75) is 63.3 Å². The molecule has 1 saturated heterocycles. The normalized spacial score (nSPS) is 27.9. The van der Waals surface area contributed by atoms with E-state index in [0.717, 1.165) is 0 Å². The fraction of sp³-hybridized carbons (Fsp3) is 0.750. The fourth-order valence-electron chi connectivity index (χ4n) is 3.02. The largest absolute Gasteiger partial charge is 0.461 e. The van der Waals surface area contributed by atoms with Crippen molar-refractivity contribution in [3.05, 3.63) is 33.1 Å². The first-order valence-electron chi connectivity index (χ1n) is 8.66. The first kappa shape index (κ1) is 18.9. The van der Waals surface area contributed by atoms with Gasteiger partial charge in [-0.3, -0.25) is 9.36 Å². The monoisotopic (exact) mass is 379 g/mol. The average Bonchev–Trinajstić information content (AvgIpc) is 2.79. The molecule has 3 atom stereocenters. The van der Waals surface area contributed by atoms with Crippen molar-refractivity contribution in [3.63, 3.8) is 0 Å². The summed E-state index contributed by atoms with van der Waals surface area (Å²) in [6.45, 7) is 11.1. The Hall–Kier alpha value is -1.87. The topological polar surface area (TPSA) is 111 Å². The fourth-order valence-corrected chi connectivity index (χ4v) is 4.40. The molecule has 0 radical (unpaired) electrons. The molecule has 1 aromatic heterocycles. The van der Waals surface area contributed by atoms with Crippen LogP contribution in [-0.4, -0.2) is 42.7 Å². The van der Waals surface area contributed by atoms with Crippen LogP contribution in [0.2, 0.25) is 18.1 Å². The standard InChI is InChI=1S/C16H25N5O4Si/c1-15(2,3)26(4,5)25-11-8-13-21-7-6-12(22)19-14(21)23-10-16(11,24-13)9-18-20-17/h6-7,11,13H,8-10H2,1-5H3/t11?,13-,16-/m1/s1. The van der Waals surface area contributed by atoms with E-state index in [2.05, 4.69) is 48.9 Å². The van der Waals surface area contributed by atoms with Crippen LogP contribution in [0.25, 0.3) is 10.4 Å². The Balaban J connectivity index is 1.97. The van der Waals surface area contributed by atoms with Gasteiger partial charge in [-0.1, -0.05) is 25.9 Å². The van der Waals surface area contributed by atoms with Crippen LogP contribution in [0.15, 0.2) is 22.2 Å². The quantitative estimate of drug-likeness (QED) is 0.345. The molecule has 0 amide bonds. The van der Waals surface area contributed by atoms with Gasteiger partial charge < -0.3 is 13.9 Å². The Bertz CT molecular complexity index is 799. The average molecular weight is 379 g/mol. The lowest BCUT2D eigenvalue weighted by molar-refractivity contribution is -0.0983. The summed E-state index contributed by atoms with van der Waals surface area (Å²) in [7, 11) is -2.08. The van der Waals surface area contributed by atoms with Crippen molar-refractivity contribution >= 4 is 8.32 Å². The molecule has 9 nitrogen and oxygen atoms in total. The Labute approximate surface area is 153 Å². The van der Waals surface area contributed by atoms with Gasteiger partial charge in [-0.05, 0) is 23.7 Å². The van der Waals surface area contributed by atoms with E-state index in [1.807, 2.05) is 0 Å². The SMILES string of the molecule is CC(C)(C)[Si](C)(C)OC1C[C@H]2O[C@]1(CN=[N+]=[N-])COc1nc(=O)ccn12. The summed E-state index contributed by atoms with van der Waals surface area (Å²) in [5, 5.41) is 3.78. The maximum atomic E-state index is 11.5. The van der Waals surface area contributed by atoms with Crippen molar-refractivity contribution in [2.24, 2.45) is 5.11 Å². The summed E-state index contributed by atoms with van der Waals surface area (Å²) >= 11 is 0. The van der Waals surface area contributed by atoms with Gasteiger partial charge >= 0.3 is 6.01 Å². The summed E-state index contributed by atoms with van der Waals surface area (Å²) in [5.41, 5.74) is 7.55. The molecular weight excluding hydrogens is 354 g/mol. The third-order valence-electron chi connectivity index (χ3n) is 5.58. The van der Waals surface area contributed by atoms with Gasteiger partial charge in [0.2, 0.25) is 0 Å². The number of fused-ring (bicyclic) bond motifs is 4. The molecule has 0 saturated carbocycles. The Morgan fingerprint density at radius 1 is 1.54 bits per heavy atom. The number of hydrogen-bond donors (Lipinski definition) is 0. The Kier molecular flexibility index (Phi) is 4.64. The molecule has 2 bridgehead atoms. The van der Waals surface area contributed by atoms with E-state index in [0.29, 0.717) is 6.42 Å².